The number of hydrogen-bond donors (Lipinski definition) is 1. The minimum Gasteiger partial charge on any atom is -0.480 e. The van der Waals surface area contributed by atoms with E-state index in [9.17, 15) is 9.59 Å². The summed E-state index contributed by atoms with van der Waals surface area (Å²) in [6, 6.07) is 8.78. The van der Waals surface area contributed by atoms with Crippen LogP contribution in [0.3, 0.4) is 0 Å². The fourth-order valence-corrected chi connectivity index (χ4v) is 2.86. The van der Waals surface area contributed by atoms with Crippen LogP contribution >= 0.6 is 0 Å². The summed E-state index contributed by atoms with van der Waals surface area (Å²) in [5.41, 5.74) is 0.699. The minimum absolute atomic E-state index is 0.0813. The molecule has 1 saturated heterocycles. The van der Waals surface area contributed by atoms with Gasteiger partial charge >= 0.3 is 5.97 Å². The molecule has 3 rings (SSSR count). The lowest BCUT2D eigenvalue weighted by Crippen LogP contribution is -2.37. The molecule has 1 aromatic carbocycles. The number of rotatable bonds is 5. The first kappa shape index (κ1) is 13.8. The van der Waals surface area contributed by atoms with Gasteiger partial charge in [0.15, 0.2) is 11.5 Å². The number of carbonyl (C=O) groups is 2. The third-order valence-corrected chi connectivity index (χ3v) is 3.98. The maximum absolute atomic E-state index is 12.2. The zero-order valence-corrected chi connectivity index (χ0v) is 11.6. The van der Waals surface area contributed by atoms with Gasteiger partial charge in [0.05, 0.1) is 0 Å². The molecule has 0 bridgehead atoms. The van der Waals surface area contributed by atoms with Crippen LogP contribution in [0.5, 0.6) is 0 Å². The van der Waals surface area contributed by atoms with Gasteiger partial charge in [-0.3, -0.25) is 14.5 Å². The number of Topliss-reactive ketones (excluding diaryl/α,β-unsaturated/α-hetero) is 1. The average Bonchev–Trinajstić information content (AvgIpc) is 3.10. The Morgan fingerprint density at radius 3 is 2.90 bits per heavy atom. The fourth-order valence-electron chi connectivity index (χ4n) is 2.86. The van der Waals surface area contributed by atoms with E-state index in [0.717, 1.165) is 18.4 Å². The van der Waals surface area contributed by atoms with E-state index in [2.05, 4.69) is 0 Å². The van der Waals surface area contributed by atoms with Gasteiger partial charge in [-0.2, -0.15) is 0 Å². The minimum atomic E-state index is -0.802. The number of nitrogens with zero attached hydrogens (tertiary/aromatic N) is 1. The number of carboxylic acid groups (broad SMARTS) is 1. The van der Waals surface area contributed by atoms with Crippen molar-refractivity contribution >= 4 is 22.7 Å². The number of furan rings is 1. The number of aliphatic carboxylic acids is 1. The first-order valence-electron chi connectivity index (χ1n) is 7.14. The predicted molar refractivity (Wildman–Crippen MR) is 77.4 cm³/mol. The molecule has 1 atom stereocenters. The summed E-state index contributed by atoms with van der Waals surface area (Å²) < 4.78 is 5.53. The van der Waals surface area contributed by atoms with E-state index in [0.29, 0.717) is 24.3 Å². The van der Waals surface area contributed by atoms with Crippen molar-refractivity contribution in [1.29, 1.82) is 0 Å². The van der Waals surface area contributed by atoms with Gasteiger partial charge in [0, 0.05) is 18.4 Å². The standard InChI is InChI=1S/C16H17NO4/c18-13(7-9-17-8-3-5-12(17)16(19)20)15-10-11-4-1-2-6-14(11)21-15/h1-2,4,6,10,12H,3,5,7-9H2,(H,19,20). The lowest BCUT2D eigenvalue weighted by atomic mass is 10.2. The first-order chi connectivity index (χ1) is 10.1. The first-order valence-corrected chi connectivity index (χ1v) is 7.14. The molecule has 2 heterocycles. The van der Waals surface area contributed by atoms with Crippen LogP contribution in [0.15, 0.2) is 34.7 Å². The predicted octanol–water partition coefficient (Wildman–Crippen LogP) is 2.55. The molecular weight excluding hydrogens is 270 g/mol. The second-order valence-corrected chi connectivity index (χ2v) is 5.35. The van der Waals surface area contributed by atoms with Gasteiger partial charge in [-0.25, -0.2) is 0 Å². The van der Waals surface area contributed by atoms with Crippen LogP contribution in [0, 0.1) is 0 Å². The highest BCUT2D eigenvalue weighted by Crippen LogP contribution is 2.21. The molecule has 0 radical (unpaired) electrons. The number of para-hydroxylation sites is 1. The molecule has 0 saturated carbocycles. The van der Waals surface area contributed by atoms with Gasteiger partial charge in [0.25, 0.3) is 0 Å². The van der Waals surface area contributed by atoms with Crippen LogP contribution in [-0.4, -0.2) is 40.9 Å². The summed E-state index contributed by atoms with van der Waals surface area (Å²) in [6.45, 7) is 1.21. The van der Waals surface area contributed by atoms with E-state index in [1.165, 1.54) is 0 Å². The van der Waals surface area contributed by atoms with E-state index < -0.39 is 12.0 Å². The molecule has 21 heavy (non-hydrogen) atoms. The Labute approximate surface area is 122 Å². The lowest BCUT2D eigenvalue weighted by Gasteiger charge is -2.19. The quantitative estimate of drug-likeness (QED) is 0.856. The monoisotopic (exact) mass is 287 g/mol. The molecule has 110 valence electrons. The molecule has 1 aliphatic heterocycles. The average molecular weight is 287 g/mol. The van der Waals surface area contributed by atoms with Gasteiger partial charge in [-0.05, 0) is 31.5 Å². The van der Waals surface area contributed by atoms with Crippen LogP contribution < -0.4 is 0 Å². The zero-order valence-electron chi connectivity index (χ0n) is 11.6. The van der Waals surface area contributed by atoms with Crippen molar-refractivity contribution in [3.8, 4) is 0 Å². The molecule has 0 spiro atoms. The van der Waals surface area contributed by atoms with Crippen LogP contribution in [0.2, 0.25) is 0 Å². The van der Waals surface area contributed by atoms with E-state index in [1.54, 1.807) is 6.07 Å². The highest BCUT2D eigenvalue weighted by atomic mass is 16.4. The van der Waals surface area contributed by atoms with Crippen LogP contribution in [-0.2, 0) is 4.79 Å². The van der Waals surface area contributed by atoms with Crippen molar-refractivity contribution < 1.29 is 19.1 Å². The Morgan fingerprint density at radius 2 is 2.14 bits per heavy atom. The molecular formula is C16H17NO4. The maximum atomic E-state index is 12.2. The van der Waals surface area contributed by atoms with Crippen LogP contribution in [0.1, 0.15) is 29.8 Å². The molecule has 5 heteroatoms. The second kappa shape index (κ2) is 5.69. The second-order valence-electron chi connectivity index (χ2n) is 5.35. The van der Waals surface area contributed by atoms with Crippen molar-refractivity contribution in [3.63, 3.8) is 0 Å². The van der Waals surface area contributed by atoms with Gasteiger partial charge in [0.2, 0.25) is 0 Å². The van der Waals surface area contributed by atoms with E-state index in [-0.39, 0.29) is 12.2 Å². The van der Waals surface area contributed by atoms with E-state index in [4.69, 9.17) is 9.52 Å². The summed E-state index contributed by atoms with van der Waals surface area (Å²) in [6.07, 6.45) is 1.81. The number of fused-ring (bicyclic) bond motifs is 1. The van der Waals surface area contributed by atoms with Crippen LogP contribution in [0.25, 0.3) is 11.0 Å². The molecule has 1 fully saturated rings. The number of likely N-dealkylation sites (tertiary alicyclic amines) is 1. The molecule has 1 N–H and O–H groups in total. The molecule has 0 aliphatic carbocycles. The SMILES string of the molecule is O=C(CCN1CCCC1C(=O)O)c1cc2ccccc2o1. The number of carboxylic acids is 1. The van der Waals surface area contributed by atoms with Crippen molar-refractivity contribution in [3.05, 3.63) is 36.1 Å². The summed E-state index contributed by atoms with van der Waals surface area (Å²) in [7, 11) is 0. The van der Waals surface area contributed by atoms with Gasteiger partial charge in [-0.1, -0.05) is 18.2 Å². The number of ketones is 1. The third-order valence-electron chi connectivity index (χ3n) is 3.98. The molecule has 5 nitrogen and oxygen atoms in total. The van der Waals surface area contributed by atoms with Crippen molar-refractivity contribution in [2.24, 2.45) is 0 Å². The normalized spacial score (nSPS) is 19.1. The van der Waals surface area contributed by atoms with Gasteiger partial charge < -0.3 is 9.52 Å². The Bertz CT molecular complexity index is 643. The molecule has 2 aromatic rings. The Morgan fingerprint density at radius 1 is 1.33 bits per heavy atom. The lowest BCUT2D eigenvalue weighted by molar-refractivity contribution is -0.142. The zero-order chi connectivity index (χ0) is 14.8. The maximum Gasteiger partial charge on any atom is 0.320 e. The van der Waals surface area contributed by atoms with Crippen LogP contribution in [0.4, 0.5) is 0 Å². The number of benzene rings is 1. The number of hydrogen-bond acceptors (Lipinski definition) is 4. The summed E-state index contributed by atoms with van der Waals surface area (Å²) in [5.74, 6) is -0.534. The summed E-state index contributed by atoms with van der Waals surface area (Å²) >= 11 is 0. The van der Waals surface area contributed by atoms with Crippen molar-refractivity contribution in [1.82, 2.24) is 4.90 Å². The Hall–Kier alpha value is -2.14. The summed E-state index contributed by atoms with van der Waals surface area (Å²) in [5, 5.41) is 10.0. The Balaban J connectivity index is 1.65. The largest absolute Gasteiger partial charge is 0.480 e. The highest BCUT2D eigenvalue weighted by molar-refractivity contribution is 5.97. The van der Waals surface area contributed by atoms with Crippen molar-refractivity contribution in [2.45, 2.75) is 25.3 Å². The fraction of sp³-hybridized carbons (Fsp3) is 0.375. The number of carbonyl (C=O) groups excluding carboxylic acids is 1. The highest BCUT2D eigenvalue weighted by Gasteiger charge is 2.30. The summed E-state index contributed by atoms with van der Waals surface area (Å²) in [4.78, 5) is 25.1. The molecule has 1 aliphatic rings. The van der Waals surface area contributed by atoms with Crippen molar-refractivity contribution in [2.75, 3.05) is 13.1 Å². The van der Waals surface area contributed by atoms with Gasteiger partial charge in [0.1, 0.15) is 11.6 Å². The third kappa shape index (κ3) is 2.83. The molecule has 1 unspecified atom stereocenters. The molecule has 0 amide bonds. The topological polar surface area (TPSA) is 70.8 Å². The van der Waals surface area contributed by atoms with Gasteiger partial charge in [-0.15, -0.1) is 0 Å². The smallest absolute Gasteiger partial charge is 0.320 e. The molecule has 1 aromatic heterocycles. The van der Waals surface area contributed by atoms with E-state index >= 15 is 0 Å². The Kier molecular flexibility index (Phi) is 3.75. The van der Waals surface area contributed by atoms with E-state index in [1.807, 2.05) is 29.2 Å².